The molecule has 1 saturated heterocycles. The minimum Gasteiger partial charge on any atom is -0.497 e. The van der Waals surface area contributed by atoms with Crippen LogP contribution in [-0.2, 0) is 11.2 Å². The van der Waals surface area contributed by atoms with Gasteiger partial charge in [0.1, 0.15) is 5.75 Å². The Balaban J connectivity index is 1.47. The number of anilines is 1. The summed E-state index contributed by atoms with van der Waals surface area (Å²) in [6, 6.07) is 6.97. The van der Waals surface area contributed by atoms with Crippen molar-refractivity contribution in [1.82, 2.24) is 9.88 Å². The summed E-state index contributed by atoms with van der Waals surface area (Å²) in [6.45, 7) is 3.94. The Hall–Kier alpha value is -2.41. The highest BCUT2D eigenvalue weighted by molar-refractivity contribution is 7.16. The van der Waals surface area contributed by atoms with Crippen LogP contribution in [0.15, 0.2) is 24.3 Å². The number of aromatic nitrogens is 1. The Labute approximate surface area is 175 Å². The van der Waals surface area contributed by atoms with Gasteiger partial charge < -0.3 is 9.64 Å². The van der Waals surface area contributed by atoms with Crippen molar-refractivity contribution in [1.29, 1.82) is 0 Å². The maximum Gasteiger partial charge on any atom is 0.257 e. The Morgan fingerprint density at radius 2 is 1.90 bits per heavy atom. The van der Waals surface area contributed by atoms with E-state index in [2.05, 4.69) is 17.2 Å². The van der Waals surface area contributed by atoms with Crippen LogP contribution in [0.25, 0.3) is 0 Å². The van der Waals surface area contributed by atoms with E-state index in [1.165, 1.54) is 11.3 Å². The van der Waals surface area contributed by atoms with Crippen LogP contribution in [0.5, 0.6) is 5.75 Å². The summed E-state index contributed by atoms with van der Waals surface area (Å²) in [4.78, 5) is 33.5. The van der Waals surface area contributed by atoms with E-state index in [4.69, 9.17) is 4.74 Å². The van der Waals surface area contributed by atoms with Gasteiger partial charge in [-0.1, -0.05) is 6.92 Å². The molecule has 0 saturated carbocycles. The normalized spacial score (nSPS) is 19.5. The van der Waals surface area contributed by atoms with Crippen molar-refractivity contribution in [3.8, 4) is 5.75 Å². The van der Waals surface area contributed by atoms with Gasteiger partial charge in [-0.25, -0.2) is 4.98 Å². The molecule has 2 amide bonds. The number of nitrogens with zero attached hydrogens (tertiary/aromatic N) is 2. The van der Waals surface area contributed by atoms with Gasteiger partial charge >= 0.3 is 0 Å². The van der Waals surface area contributed by atoms with Gasteiger partial charge in [0, 0.05) is 23.5 Å². The lowest BCUT2D eigenvalue weighted by molar-refractivity contribution is -0.134. The number of carbonyl (C=O) groups excluding carboxylic acids is 2. The number of nitrogens with one attached hydrogen (secondary N) is 1. The quantitative estimate of drug-likeness (QED) is 0.820. The first-order valence-electron chi connectivity index (χ1n) is 10.3. The zero-order valence-electron chi connectivity index (χ0n) is 16.9. The molecule has 6 nitrogen and oxygen atoms in total. The molecule has 2 aliphatic rings. The SMILES string of the molecule is COc1ccc(C(=O)Nc2nc3c(s2)CCCC3C(=O)N2CCC(C)CC2)cc1. The number of piperidine rings is 1. The summed E-state index contributed by atoms with van der Waals surface area (Å²) < 4.78 is 5.13. The molecule has 1 fully saturated rings. The summed E-state index contributed by atoms with van der Waals surface area (Å²) in [5.41, 5.74) is 1.42. The average Bonchev–Trinajstić information content (AvgIpc) is 3.16. The molecule has 4 rings (SSSR count). The first kappa shape index (κ1) is 19.9. The Morgan fingerprint density at radius 1 is 1.17 bits per heavy atom. The van der Waals surface area contributed by atoms with E-state index < -0.39 is 0 Å². The Kier molecular flexibility index (Phi) is 5.85. The van der Waals surface area contributed by atoms with E-state index in [0.29, 0.717) is 22.4 Å². The molecule has 1 aliphatic carbocycles. The highest BCUT2D eigenvalue weighted by Gasteiger charge is 2.34. The number of hydrogen-bond acceptors (Lipinski definition) is 5. The number of fused-ring (bicyclic) bond motifs is 1. The summed E-state index contributed by atoms with van der Waals surface area (Å²) in [5, 5.41) is 3.47. The molecule has 29 heavy (non-hydrogen) atoms. The van der Waals surface area contributed by atoms with E-state index in [1.54, 1.807) is 31.4 Å². The van der Waals surface area contributed by atoms with Crippen LogP contribution in [-0.4, -0.2) is 41.9 Å². The third kappa shape index (κ3) is 4.29. The summed E-state index contributed by atoms with van der Waals surface area (Å²) >= 11 is 1.50. The van der Waals surface area contributed by atoms with Crippen LogP contribution in [0.3, 0.4) is 0 Å². The molecule has 0 spiro atoms. The lowest BCUT2D eigenvalue weighted by Crippen LogP contribution is -2.41. The van der Waals surface area contributed by atoms with Crippen LogP contribution in [0.1, 0.15) is 59.5 Å². The molecule has 2 aromatic rings. The van der Waals surface area contributed by atoms with Gasteiger partial charge in [0.25, 0.3) is 5.91 Å². The lowest BCUT2D eigenvalue weighted by atomic mass is 9.88. The molecule has 154 valence electrons. The topological polar surface area (TPSA) is 71.5 Å². The number of rotatable bonds is 4. The lowest BCUT2D eigenvalue weighted by Gasteiger charge is -2.33. The van der Waals surface area contributed by atoms with Crippen LogP contribution in [0.4, 0.5) is 5.13 Å². The molecule has 1 atom stereocenters. The van der Waals surface area contributed by atoms with Crippen molar-refractivity contribution in [3.05, 3.63) is 40.4 Å². The number of aryl methyl sites for hydroxylation is 1. The molecular weight excluding hydrogens is 386 g/mol. The predicted octanol–water partition coefficient (Wildman–Crippen LogP) is 4.08. The van der Waals surface area contributed by atoms with E-state index >= 15 is 0 Å². The maximum absolute atomic E-state index is 13.1. The summed E-state index contributed by atoms with van der Waals surface area (Å²) in [7, 11) is 1.59. The number of amides is 2. The molecule has 0 radical (unpaired) electrons. The molecule has 1 aliphatic heterocycles. The van der Waals surface area contributed by atoms with Crippen molar-refractivity contribution in [2.24, 2.45) is 5.92 Å². The fourth-order valence-electron chi connectivity index (χ4n) is 4.07. The molecular formula is C22H27N3O3S. The van der Waals surface area contributed by atoms with Crippen LogP contribution < -0.4 is 10.1 Å². The fourth-order valence-corrected chi connectivity index (χ4v) is 5.13. The van der Waals surface area contributed by atoms with E-state index in [1.807, 2.05) is 4.90 Å². The summed E-state index contributed by atoms with van der Waals surface area (Å²) in [6.07, 6.45) is 4.90. The third-order valence-electron chi connectivity index (χ3n) is 5.92. The number of likely N-dealkylation sites (tertiary alicyclic amines) is 1. The molecule has 7 heteroatoms. The fraction of sp³-hybridized carbons (Fsp3) is 0.500. The maximum atomic E-state index is 13.1. The highest BCUT2D eigenvalue weighted by Crippen LogP contribution is 2.38. The van der Waals surface area contributed by atoms with Crippen molar-refractivity contribution >= 4 is 28.3 Å². The van der Waals surface area contributed by atoms with Gasteiger partial charge in [-0.15, -0.1) is 11.3 Å². The second-order valence-corrected chi connectivity index (χ2v) is 9.05. The number of carbonyl (C=O) groups is 2. The van der Waals surface area contributed by atoms with Gasteiger partial charge in [-0.05, 0) is 62.3 Å². The van der Waals surface area contributed by atoms with E-state index in [9.17, 15) is 9.59 Å². The second kappa shape index (κ2) is 8.53. The highest BCUT2D eigenvalue weighted by atomic mass is 32.1. The number of methoxy groups -OCH3 is 1. The third-order valence-corrected chi connectivity index (χ3v) is 6.97. The molecule has 1 aromatic heterocycles. The zero-order chi connectivity index (χ0) is 20.4. The molecule has 1 unspecified atom stereocenters. The van der Waals surface area contributed by atoms with Crippen LogP contribution in [0.2, 0.25) is 0 Å². The minimum absolute atomic E-state index is 0.171. The van der Waals surface area contributed by atoms with Gasteiger partial charge in [0.15, 0.2) is 5.13 Å². The van der Waals surface area contributed by atoms with E-state index in [0.717, 1.165) is 55.8 Å². The van der Waals surface area contributed by atoms with Gasteiger partial charge in [-0.3, -0.25) is 14.9 Å². The second-order valence-electron chi connectivity index (χ2n) is 7.96. The first-order valence-corrected chi connectivity index (χ1v) is 11.1. The number of hydrogen-bond donors (Lipinski definition) is 1. The smallest absolute Gasteiger partial charge is 0.257 e. The predicted molar refractivity (Wildman–Crippen MR) is 114 cm³/mol. The largest absolute Gasteiger partial charge is 0.497 e. The zero-order valence-corrected chi connectivity index (χ0v) is 17.8. The number of benzene rings is 1. The number of thiazole rings is 1. The average molecular weight is 414 g/mol. The van der Waals surface area contributed by atoms with Crippen LogP contribution >= 0.6 is 11.3 Å². The minimum atomic E-state index is -0.202. The molecule has 2 heterocycles. The van der Waals surface area contributed by atoms with Crippen molar-refractivity contribution < 1.29 is 14.3 Å². The first-order chi connectivity index (χ1) is 14.0. The standard InChI is InChI=1S/C22H27N3O3S/c1-14-10-12-25(13-11-14)21(27)17-4-3-5-18-19(17)23-22(29-18)24-20(26)15-6-8-16(28-2)9-7-15/h6-9,14,17H,3-5,10-13H2,1-2H3,(H,23,24,26). The molecule has 1 N–H and O–H groups in total. The monoisotopic (exact) mass is 413 g/mol. The van der Waals surface area contributed by atoms with Crippen molar-refractivity contribution in [3.63, 3.8) is 0 Å². The van der Waals surface area contributed by atoms with Crippen molar-refractivity contribution in [2.45, 2.75) is 44.9 Å². The molecule has 0 bridgehead atoms. The Morgan fingerprint density at radius 3 is 2.59 bits per heavy atom. The summed E-state index contributed by atoms with van der Waals surface area (Å²) in [5.74, 6) is 1.23. The molecule has 1 aromatic carbocycles. The van der Waals surface area contributed by atoms with Gasteiger partial charge in [0.2, 0.25) is 5.91 Å². The van der Waals surface area contributed by atoms with Gasteiger partial charge in [0.05, 0.1) is 18.7 Å². The van der Waals surface area contributed by atoms with Crippen molar-refractivity contribution in [2.75, 3.05) is 25.5 Å². The van der Waals surface area contributed by atoms with Crippen LogP contribution in [0, 0.1) is 5.92 Å². The Bertz CT molecular complexity index is 885. The number of ether oxygens (including phenoxy) is 1. The van der Waals surface area contributed by atoms with Gasteiger partial charge in [-0.2, -0.15) is 0 Å². The van der Waals surface area contributed by atoms with E-state index in [-0.39, 0.29) is 17.7 Å².